The van der Waals surface area contributed by atoms with E-state index in [1.54, 1.807) is 46.3 Å². The number of phenols is 1. The van der Waals surface area contributed by atoms with E-state index in [1.165, 1.54) is 19.7 Å². The second-order valence-electron chi connectivity index (χ2n) is 14.1. The fourth-order valence-corrected chi connectivity index (χ4v) is 7.40. The van der Waals surface area contributed by atoms with Crippen molar-refractivity contribution >= 4 is 46.1 Å². The van der Waals surface area contributed by atoms with Crippen molar-refractivity contribution in [3.8, 4) is 17.2 Å². The van der Waals surface area contributed by atoms with Crippen LogP contribution in [0.2, 0.25) is 5.02 Å². The Kier molecular flexibility index (Phi) is 13.5. The van der Waals surface area contributed by atoms with Gasteiger partial charge in [-0.2, -0.15) is 0 Å². The fourth-order valence-electron chi connectivity index (χ4n) is 7.22. The van der Waals surface area contributed by atoms with Gasteiger partial charge in [-0.3, -0.25) is 19.2 Å². The maximum Gasteiger partial charge on any atom is 0.254 e. The summed E-state index contributed by atoms with van der Waals surface area (Å²) in [5, 5.41) is 15.8. The molecule has 3 unspecified atom stereocenters. The van der Waals surface area contributed by atoms with E-state index < -0.39 is 5.92 Å². The minimum Gasteiger partial charge on any atom is -0.508 e. The van der Waals surface area contributed by atoms with Crippen molar-refractivity contribution < 1.29 is 33.8 Å². The number of nitrogens with one attached hydrogen (secondary N) is 3. The van der Waals surface area contributed by atoms with Crippen molar-refractivity contribution in [3.05, 3.63) is 88.6 Å². The molecule has 3 atom stereocenters. The number of aromatic hydroxyl groups is 1. The number of aromatic nitrogens is 1. The van der Waals surface area contributed by atoms with Crippen LogP contribution < -0.4 is 20.1 Å². The molecule has 2 aliphatic rings. The quantitative estimate of drug-likeness (QED) is 0.164. The number of halogens is 1. The van der Waals surface area contributed by atoms with Gasteiger partial charge in [-0.15, -0.1) is 0 Å². The predicted octanol–water partition coefficient (Wildman–Crippen LogP) is 5.21. The molecule has 2 aliphatic heterocycles. The number of likely N-dealkylation sites (N-methyl/N-ethyl adjacent to an activating group) is 1. The Bertz CT molecular complexity index is 1960. The molecule has 288 valence electrons. The highest BCUT2D eigenvalue weighted by Crippen LogP contribution is 2.37. The molecule has 3 aromatic carbocycles. The second kappa shape index (κ2) is 18.2. The Labute approximate surface area is 321 Å². The van der Waals surface area contributed by atoms with Crippen molar-refractivity contribution in [2.75, 3.05) is 46.9 Å². The number of carbonyl (C=O) groups is 4. The van der Waals surface area contributed by atoms with Crippen molar-refractivity contribution in [1.29, 1.82) is 0 Å². The third kappa shape index (κ3) is 9.84. The summed E-state index contributed by atoms with van der Waals surface area (Å²) in [6.07, 6.45) is 4.08. The predicted molar refractivity (Wildman–Crippen MR) is 208 cm³/mol. The molecule has 0 radical (unpaired) electrons. The first-order valence-electron chi connectivity index (χ1n) is 18.3. The molecule has 3 heterocycles. The lowest BCUT2D eigenvalue weighted by atomic mass is 9.79. The Morgan fingerprint density at radius 3 is 2.46 bits per heavy atom. The summed E-state index contributed by atoms with van der Waals surface area (Å²) in [7, 11) is 3.03. The number of likely N-dealkylation sites (tertiary alicyclic amines) is 2. The highest BCUT2D eigenvalue weighted by molar-refractivity contribution is 6.31. The zero-order chi connectivity index (χ0) is 38.9. The number of carbonyl (C=O) groups excluding carboxylic acids is 4. The average molecular weight is 760 g/mol. The summed E-state index contributed by atoms with van der Waals surface area (Å²) < 4.78 is 11.3. The van der Waals surface area contributed by atoms with Crippen LogP contribution in [0.5, 0.6) is 17.2 Å². The van der Waals surface area contributed by atoms with Crippen LogP contribution in [-0.2, 0) is 27.2 Å². The number of phenolic OH excluding ortho intramolecular Hbond substituents is 1. The summed E-state index contributed by atoms with van der Waals surface area (Å²) >= 11 is 6.12. The second-order valence-corrected chi connectivity index (χ2v) is 14.5. The van der Waals surface area contributed by atoms with Crippen LogP contribution in [0.4, 0.5) is 0 Å². The smallest absolute Gasteiger partial charge is 0.254 e. The molecule has 12 nitrogen and oxygen atoms in total. The standard InChI is InChI=1S/C32H38ClN5O6.C9H12O/c1-18(2)44-27-8-5-19(9-28(27)43-4)32(42)38-15-21-14-37(17-25(24(21)16-38)31(41)36-13-29(39)34-3)30(40)10-20-12-35-26-11-22(33)6-7-23(20)26;1-2-4-8-5-3-6-9(10)7-8/h5-9,11-12,18,21,24-25,35H,10,13-17H2,1-4H3,(H,34,39)(H,36,41);3,5-7,10H,2,4H2,1H3. The minimum absolute atomic E-state index is 0.0567. The number of H-pyrrole nitrogens is 1. The molecular weight excluding hydrogens is 710 g/mol. The van der Waals surface area contributed by atoms with Gasteiger partial charge < -0.3 is 40.0 Å². The molecule has 1 aromatic heterocycles. The summed E-state index contributed by atoms with van der Waals surface area (Å²) in [4.78, 5) is 59.2. The van der Waals surface area contributed by atoms with Crippen LogP contribution in [0.3, 0.4) is 0 Å². The Morgan fingerprint density at radius 2 is 1.76 bits per heavy atom. The first kappa shape index (κ1) is 40.0. The Morgan fingerprint density at radius 1 is 0.981 bits per heavy atom. The summed E-state index contributed by atoms with van der Waals surface area (Å²) in [6.45, 7) is 7.17. The number of amides is 4. The number of hydrogen-bond donors (Lipinski definition) is 4. The van der Waals surface area contributed by atoms with Gasteiger partial charge in [0.15, 0.2) is 11.5 Å². The zero-order valence-corrected chi connectivity index (χ0v) is 32.2. The number of benzene rings is 3. The molecule has 0 bridgehead atoms. The largest absolute Gasteiger partial charge is 0.508 e. The van der Waals surface area contributed by atoms with Gasteiger partial charge in [-0.25, -0.2) is 0 Å². The van der Waals surface area contributed by atoms with E-state index >= 15 is 0 Å². The van der Waals surface area contributed by atoms with Gasteiger partial charge in [-0.05, 0) is 85.7 Å². The molecule has 0 saturated carbocycles. The van der Waals surface area contributed by atoms with Crippen molar-refractivity contribution in [2.24, 2.45) is 17.8 Å². The molecular formula is C41H50ClN5O7. The number of ether oxygens (including phenoxy) is 2. The van der Waals surface area contributed by atoms with E-state index in [2.05, 4.69) is 22.5 Å². The Hall–Kier alpha value is -5.23. The number of rotatable bonds is 11. The molecule has 6 rings (SSSR count). The van der Waals surface area contributed by atoms with Gasteiger partial charge in [0, 0.05) is 60.9 Å². The van der Waals surface area contributed by atoms with E-state index in [9.17, 15) is 19.2 Å². The van der Waals surface area contributed by atoms with E-state index in [0.29, 0.717) is 47.5 Å². The van der Waals surface area contributed by atoms with E-state index in [0.717, 1.165) is 29.3 Å². The SMILES string of the molecule is CCCc1cccc(O)c1.CNC(=O)CNC(=O)C1CN(C(=O)Cc2c[nH]c3cc(Cl)ccc23)CC2CN(C(=O)c3ccc(OC(C)C)c(OC)c3)CC21. The number of methoxy groups -OCH3 is 1. The molecule has 13 heteroatoms. The summed E-state index contributed by atoms with van der Waals surface area (Å²) in [6, 6.07) is 18.0. The molecule has 2 fully saturated rings. The minimum atomic E-state index is -0.585. The third-order valence-corrected chi connectivity index (χ3v) is 10.1. The van der Waals surface area contributed by atoms with Crippen molar-refractivity contribution in [3.63, 3.8) is 0 Å². The lowest BCUT2D eigenvalue weighted by molar-refractivity contribution is -0.139. The van der Waals surface area contributed by atoms with E-state index in [1.807, 2.05) is 44.2 Å². The van der Waals surface area contributed by atoms with Gasteiger partial charge in [0.05, 0.1) is 32.1 Å². The van der Waals surface area contributed by atoms with Crippen LogP contribution in [-0.4, -0.2) is 96.5 Å². The van der Waals surface area contributed by atoms with Crippen LogP contribution in [0.1, 0.15) is 48.7 Å². The van der Waals surface area contributed by atoms with Gasteiger partial charge in [0.25, 0.3) is 5.91 Å². The van der Waals surface area contributed by atoms with Crippen LogP contribution >= 0.6 is 11.6 Å². The first-order valence-corrected chi connectivity index (χ1v) is 18.7. The normalized spacial score (nSPS) is 17.7. The number of aryl methyl sites for hydroxylation is 1. The fraction of sp³-hybridized carbons (Fsp3) is 0.415. The lowest BCUT2D eigenvalue weighted by Crippen LogP contribution is -2.54. The topological polar surface area (TPSA) is 153 Å². The maximum absolute atomic E-state index is 13.7. The van der Waals surface area contributed by atoms with Crippen LogP contribution in [0.15, 0.2) is 66.9 Å². The molecule has 2 saturated heterocycles. The monoisotopic (exact) mass is 759 g/mol. The zero-order valence-electron chi connectivity index (χ0n) is 31.5. The maximum atomic E-state index is 13.7. The molecule has 54 heavy (non-hydrogen) atoms. The van der Waals surface area contributed by atoms with Crippen LogP contribution in [0.25, 0.3) is 10.9 Å². The number of aromatic amines is 1. The highest BCUT2D eigenvalue weighted by Gasteiger charge is 2.48. The molecule has 4 amide bonds. The van der Waals surface area contributed by atoms with Gasteiger partial charge in [0.1, 0.15) is 5.75 Å². The molecule has 0 aliphatic carbocycles. The first-order chi connectivity index (χ1) is 25.9. The average Bonchev–Trinajstić information content (AvgIpc) is 3.77. The summed E-state index contributed by atoms with van der Waals surface area (Å²) in [5.41, 5.74) is 3.34. The third-order valence-electron chi connectivity index (χ3n) is 9.85. The van der Waals surface area contributed by atoms with Gasteiger partial charge >= 0.3 is 0 Å². The van der Waals surface area contributed by atoms with E-state index in [-0.39, 0.29) is 61.1 Å². The lowest BCUT2D eigenvalue weighted by Gasteiger charge is -2.39. The van der Waals surface area contributed by atoms with Crippen molar-refractivity contribution in [2.45, 2.75) is 46.1 Å². The molecule has 4 aromatic rings. The number of hydrogen-bond acceptors (Lipinski definition) is 7. The van der Waals surface area contributed by atoms with E-state index in [4.69, 9.17) is 26.2 Å². The van der Waals surface area contributed by atoms with Gasteiger partial charge in [0.2, 0.25) is 17.7 Å². The molecule has 4 N–H and O–H groups in total. The van der Waals surface area contributed by atoms with Gasteiger partial charge in [-0.1, -0.05) is 43.1 Å². The van der Waals surface area contributed by atoms with Crippen LogP contribution in [0, 0.1) is 17.8 Å². The Balaban J connectivity index is 0.000000486. The molecule has 0 spiro atoms. The number of nitrogens with zero attached hydrogens (tertiary/aromatic N) is 2. The number of fused-ring (bicyclic) bond motifs is 2. The van der Waals surface area contributed by atoms with Crippen molar-refractivity contribution in [1.82, 2.24) is 25.4 Å². The highest BCUT2D eigenvalue weighted by atomic mass is 35.5. The number of piperidine rings is 1. The summed E-state index contributed by atoms with van der Waals surface area (Å²) in [5.74, 6) is -0.419.